The van der Waals surface area contributed by atoms with Crippen LogP contribution >= 0.6 is 0 Å². The number of carbonyl (C=O) groups excluding carboxylic acids is 1. The number of carbonyl (C=O) groups is 1. The van der Waals surface area contributed by atoms with Crippen LogP contribution in [0.2, 0.25) is 0 Å². The Morgan fingerprint density at radius 3 is 2.65 bits per heavy atom. The molecule has 0 radical (unpaired) electrons. The highest BCUT2D eigenvalue weighted by Crippen LogP contribution is 2.40. The molecule has 0 saturated heterocycles. The van der Waals surface area contributed by atoms with E-state index in [2.05, 4.69) is 0 Å². The van der Waals surface area contributed by atoms with Crippen LogP contribution in [0.3, 0.4) is 0 Å². The standard InChI is InChI=1S/C16H13BF2N2O2/c1-20-12-7-3-4-8-13(12)21-14(10-16(20)22)11-6-2-5-9-15(11)23-17(21,18)19/h2-9H,10H2,1H3. The second-order valence-electron chi connectivity index (χ2n) is 5.61. The molecule has 116 valence electrons. The summed E-state index contributed by atoms with van der Waals surface area (Å²) < 4.78 is 35.4. The average Bonchev–Trinajstić information content (AvgIpc) is 2.64. The maximum absolute atomic E-state index is 14.7. The van der Waals surface area contributed by atoms with Crippen LogP contribution in [-0.2, 0) is 4.79 Å². The summed E-state index contributed by atoms with van der Waals surface area (Å²) in [6.45, 7) is 0. The highest BCUT2D eigenvalue weighted by atomic mass is 19.3. The molecule has 2 aromatic carbocycles. The first kappa shape index (κ1) is 13.9. The molecule has 4 nitrogen and oxygen atoms in total. The van der Waals surface area contributed by atoms with Crippen molar-refractivity contribution in [1.82, 2.24) is 0 Å². The first-order valence-corrected chi connectivity index (χ1v) is 7.29. The number of halogens is 2. The van der Waals surface area contributed by atoms with Gasteiger partial charge in [0.1, 0.15) is 12.1 Å². The van der Waals surface area contributed by atoms with E-state index in [0.29, 0.717) is 11.3 Å². The molecule has 0 unspecified atom stereocenters. The first-order chi connectivity index (χ1) is 11.0. The Balaban J connectivity index is 2.09. The van der Waals surface area contributed by atoms with Crippen LogP contribution in [0.1, 0.15) is 12.0 Å². The predicted molar refractivity (Wildman–Crippen MR) is 83.5 cm³/mol. The van der Waals surface area contributed by atoms with Crippen LogP contribution < -0.4 is 9.55 Å². The number of benzene rings is 2. The summed E-state index contributed by atoms with van der Waals surface area (Å²) in [6, 6.07) is 13.2. The van der Waals surface area contributed by atoms with Crippen molar-refractivity contribution in [2.24, 2.45) is 0 Å². The third-order valence-corrected chi connectivity index (χ3v) is 4.25. The summed E-state index contributed by atoms with van der Waals surface area (Å²) in [5, 5.41) is 0. The Morgan fingerprint density at radius 2 is 1.83 bits per heavy atom. The van der Waals surface area contributed by atoms with Gasteiger partial charge < -0.3 is 22.7 Å². The third-order valence-electron chi connectivity index (χ3n) is 4.25. The summed E-state index contributed by atoms with van der Waals surface area (Å²) >= 11 is 0. The number of amides is 1. The molecule has 0 spiro atoms. The Bertz CT molecular complexity index is 867. The molecule has 2 aliphatic rings. The van der Waals surface area contributed by atoms with Crippen molar-refractivity contribution >= 4 is 30.0 Å². The van der Waals surface area contributed by atoms with E-state index in [1.54, 1.807) is 49.5 Å². The molecular weight excluding hydrogens is 301 g/mol. The highest BCUT2D eigenvalue weighted by Gasteiger charge is 2.54. The number of anilines is 1. The van der Waals surface area contributed by atoms with E-state index in [1.807, 2.05) is 0 Å². The second-order valence-corrected chi connectivity index (χ2v) is 5.61. The highest BCUT2D eigenvalue weighted by molar-refractivity contribution is 6.54. The smallest absolute Gasteiger partial charge is 0.599 e. The monoisotopic (exact) mass is 314 g/mol. The van der Waals surface area contributed by atoms with Gasteiger partial charge in [-0.25, -0.2) is 0 Å². The fourth-order valence-corrected chi connectivity index (χ4v) is 3.16. The van der Waals surface area contributed by atoms with E-state index in [9.17, 15) is 13.4 Å². The maximum atomic E-state index is 14.7. The van der Waals surface area contributed by atoms with Gasteiger partial charge in [-0.2, -0.15) is 0 Å². The van der Waals surface area contributed by atoms with Crippen LogP contribution in [0.25, 0.3) is 0 Å². The zero-order valence-corrected chi connectivity index (χ0v) is 12.4. The number of rotatable bonds is 0. The molecule has 1 amide bonds. The van der Waals surface area contributed by atoms with Crippen LogP contribution in [0.4, 0.5) is 20.0 Å². The van der Waals surface area contributed by atoms with Crippen molar-refractivity contribution in [3.63, 3.8) is 0 Å². The van der Waals surface area contributed by atoms with Gasteiger partial charge in [0.25, 0.3) is 0 Å². The van der Waals surface area contributed by atoms with E-state index in [1.165, 1.54) is 11.0 Å². The maximum Gasteiger partial charge on any atom is 0.834 e. The molecule has 0 fully saturated rings. The minimum Gasteiger partial charge on any atom is -0.599 e. The molecule has 0 N–H and O–H groups in total. The van der Waals surface area contributed by atoms with E-state index in [0.717, 1.165) is 4.49 Å². The molecule has 4 rings (SSSR count). The number of fused-ring (bicyclic) bond motifs is 4. The SMILES string of the molecule is CN1C(=O)CC2=[N+](c3ccccc31)[B-](F)(F)Oc1ccccc12. The lowest BCUT2D eigenvalue weighted by molar-refractivity contribution is -0.348. The summed E-state index contributed by atoms with van der Waals surface area (Å²) in [7, 11) is -2.72. The molecule has 2 aromatic rings. The topological polar surface area (TPSA) is 32.5 Å². The summed E-state index contributed by atoms with van der Waals surface area (Å²) in [5.41, 5.74) is 1.52. The van der Waals surface area contributed by atoms with Crippen molar-refractivity contribution in [2.45, 2.75) is 6.42 Å². The van der Waals surface area contributed by atoms with Gasteiger partial charge in [0, 0.05) is 13.1 Å². The van der Waals surface area contributed by atoms with Crippen molar-refractivity contribution in [1.29, 1.82) is 0 Å². The van der Waals surface area contributed by atoms with Gasteiger partial charge in [-0.15, -0.1) is 0 Å². The Kier molecular flexibility index (Phi) is 2.82. The molecule has 2 aliphatic heterocycles. The fourth-order valence-electron chi connectivity index (χ4n) is 3.16. The van der Waals surface area contributed by atoms with Crippen LogP contribution in [0, 0.1) is 0 Å². The van der Waals surface area contributed by atoms with E-state index in [-0.39, 0.29) is 29.5 Å². The lowest BCUT2D eigenvalue weighted by atomic mass is 9.93. The minimum atomic E-state index is -4.31. The van der Waals surface area contributed by atoms with Crippen LogP contribution in [-0.4, -0.2) is 30.2 Å². The zero-order valence-electron chi connectivity index (χ0n) is 12.4. The van der Waals surface area contributed by atoms with Crippen LogP contribution in [0.15, 0.2) is 48.5 Å². The van der Waals surface area contributed by atoms with Gasteiger partial charge in [-0.05, 0) is 18.2 Å². The predicted octanol–water partition coefficient (Wildman–Crippen LogP) is 2.95. The lowest BCUT2D eigenvalue weighted by Crippen LogP contribution is -2.49. The molecule has 23 heavy (non-hydrogen) atoms. The first-order valence-electron chi connectivity index (χ1n) is 7.29. The molecule has 0 bridgehead atoms. The Hall–Kier alpha value is -2.70. The van der Waals surface area contributed by atoms with E-state index < -0.39 is 7.04 Å². The molecule has 7 heteroatoms. The average molecular weight is 314 g/mol. The van der Waals surface area contributed by atoms with Crippen molar-refractivity contribution in [3.05, 3.63) is 54.1 Å². The molecule has 0 saturated carbocycles. The summed E-state index contributed by atoms with van der Waals surface area (Å²) in [6.07, 6.45) is -0.108. The number of nitrogens with zero attached hydrogens (tertiary/aromatic N) is 2. The number of hydrogen-bond acceptors (Lipinski definition) is 2. The van der Waals surface area contributed by atoms with E-state index >= 15 is 0 Å². The van der Waals surface area contributed by atoms with Gasteiger partial charge in [-0.3, -0.25) is 4.79 Å². The Morgan fingerprint density at radius 1 is 1.13 bits per heavy atom. The molecular formula is C16H13BF2N2O2. The van der Waals surface area contributed by atoms with Gasteiger partial charge >= 0.3 is 7.04 Å². The van der Waals surface area contributed by atoms with Crippen molar-refractivity contribution in [3.8, 4) is 5.75 Å². The fraction of sp³-hybridized carbons (Fsp3) is 0.125. The largest absolute Gasteiger partial charge is 0.834 e. The van der Waals surface area contributed by atoms with Crippen LogP contribution in [0.5, 0.6) is 5.75 Å². The summed E-state index contributed by atoms with van der Waals surface area (Å²) in [5.74, 6) is -0.128. The van der Waals surface area contributed by atoms with Gasteiger partial charge in [0.05, 0.1) is 11.3 Å². The molecule has 0 atom stereocenters. The minimum absolute atomic E-state index is 0.108. The molecule has 2 heterocycles. The second kappa shape index (κ2) is 4.65. The normalized spacial score (nSPS) is 18.6. The zero-order chi connectivity index (χ0) is 16.2. The van der Waals surface area contributed by atoms with Gasteiger partial charge in [0.2, 0.25) is 5.91 Å². The number of para-hydroxylation sites is 3. The molecule has 0 aliphatic carbocycles. The quantitative estimate of drug-likeness (QED) is 0.700. The molecule has 0 aromatic heterocycles. The lowest BCUT2D eigenvalue weighted by Gasteiger charge is -2.31. The number of hydrogen-bond donors (Lipinski definition) is 0. The van der Waals surface area contributed by atoms with Crippen molar-refractivity contribution < 1.29 is 22.6 Å². The third kappa shape index (κ3) is 1.96. The van der Waals surface area contributed by atoms with Gasteiger partial charge in [-0.1, -0.05) is 24.3 Å². The van der Waals surface area contributed by atoms with Gasteiger partial charge in [0.15, 0.2) is 11.4 Å². The Labute approximate surface area is 131 Å². The summed E-state index contributed by atoms with van der Waals surface area (Å²) in [4.78, 5) is 13.9. The van der Waals surface area contributed by atoms with Crippen molar-refractivity contribution in [2.75, 3.05) is 11.9 Å². The van der Waals surface area contributed by atoms with E-state index in [4.69, 9.17) is 4.65 Å².